The molecule has 1 aliphatic rings. The fraction of sp³-hybridized carbons (Fsp3) is 0.250. The molecule has 4 rings (SSSR count). The van der Waals surface area contributed by atoms with Gasteiger partial charge in [-0.15, -0.1) is 0 Å². The highest BCUT2D eigenvalue weighted by atomic mass is 16.2. The van der Waals surface area contributed by atoms with Crippen LogP contribution in [0.2, 0.25) is 0 Å². The Bertz CT molecular complexity index is 959. The molecule has 0 bridgehead atoms. The minimum Gasteiger partial charge on any atom is -0.352 e. The lowest BCUT2D eigenvalue weighted by Gasteiger charge is -2.14. The van der Waals surface area contributed by atoms with Gasteiger partial charge in [-0.1, -0.05) is 12.1 Å². The van der Waals surface area contributed by atoms with Crippen LogP contribution in [0.1, 0.15) is 28.7 Å². The predicted octanol–water partition coefficient (Wildman–Crippen LogP) is 2.44. The van der Waals surface area contributed by atoms with Crippen LogP contribution in [-0.4, -0.2) is 34.9 Å². The van der Waals surface area contributed by atoms with Crippen LogP contribution in [0.25, 0.3) is 11.0 Å². The van der Waals surface area contributed by atoms with Crippen molar-refractivity contribution in [2.45, 2.75) is 19.8 Å². The average Bonchev–Trinajstić information content (AvgIpc) is 3.24. The molecular weight excluding hydrogens is 328 g/mol. The zero-order valence-electron chi connectivity index (χ0n) is 14.6. The van der Waals surface area contributed by atoms with E-state index in [0.717, 1.165) is 34.5 Å². The van der Waals surface area contributed by atoms with E-state index in [-0.39, 0.29) is 11.8 Å². The van der Waals surface area contributed by atoms with Crippen molar-refractivity contribution in [2.75, 3.05) is 18.0 Å². The van der Waals surface area contributed by atoms with Crippen LogP contribution in [0.4, 0.5) is 5.69 Å². The molecule has 0 atom stereocenters. The molecule has 2 heterocycles. The number of benzene rings is 2. The first-order chi connectivity index (χ1) is 12.6. The number of imidazole rings is 1. The zero-order valence-corrected chi connectivity index (χ0v) is 14.6. The second kappa shape index (κ2) is 6.63. The van der Waals surface area contributed by atoms with Gasteiger partial charge in [0.05, 0.1) is 11.0 Å². The van der Waals surface area contributed by atoms with Gasteiger partial charge in [-0.2, -0.15) is 0 Å². The summed E-state index contributed by atoms with van der Waals surface area (Å²) in [5, 5.41) is 2.94. The number of aromatic nitrogens is 2. The minimum atomic E-state index is -0.106. The van der Waals surface area contributed by atoms with E-state index in [9.17, 15) is 9.59 Å². The normalized spacial score (nSPS) is 13.0. The summed E-state index contributed by atoms with van der Waals surface area (Å²) < 4.78 is 0. The first-order valence-corrected chi connectivity index (χ1v) is 8.74. The third-order valence-electron chi connectivity index (χ3n) is 4.70. The van der Waals surface area contributed by atoms with Crippen LogP contribution in [0.15, 0.2) is 42.5 Å². The molecule has 1 aliphatic heterocycles. The molecule has 6 nitrogen and oxygen atoms in total. The van der Waals surface area contributed by atoms with Gasteiger partial charge in [0.1, 0.15) is 5.82 Å². The lowest BCUT2D eigenvalue weighted by molar-refractivity contribution is -0.116. The predicted molar refractivity (Wildman–Crippen MR) is 100 cm³/mol. The van der Waals surface area contributed by atoms with Gasteiger partial charge in [-0.3, -0.25) is 9.59 Å². The van der Waals surface area contributed by atoms with E-state index in [1.54, 1.807) is 17.9 Å². The number of amides is 2. The summed E-state index contributed by atoms with van der Waals surface area (Å²) in [5.74, 6) is 0.787. The van der Waals surface area contributed by atoms with E-state index >= 15 is 0 Å². The molecule has 2 N–H and O–H groups in total. The summed E-state index contributed by atoms with van der Waals surface area (Å²) in [5.41, 5.74) is 4.52. The summed E-state index contributed by atoms with van der Waals surface area (Å²) in [4.78, 5) is 33.5. The van der Waals surface area contributed by atoms with E-state index in [1.165, 1.54) is 0 Å². The molecule has 0 saturated heterocycles. The third kappa shape index (κ3) is 3.06. The second-order valence-corrected chi connectivity index (χ2v) is 6.47. The lowest BCUT2D eigenvalue weighted by atomic mass is 10.1. The molecule has 1 aromatic heterocycles. The zero-order chi connectivity index (χ0) is 18.1. The van der Waals surface area contributed by atoms with Gasteiger partial charge in [0.15, 0.2) is 0 Å². The van der Waals surface area contributed by atoms with Crippen LogP contribution < -0.4 is 10.2 Å². The molecule has 26 heavy (non-hydrogen) atoms. The van der Waals surface area contributed by atoms with E-state index < -0.39 is 0 Å². The van der Waals surface area contributed by atoms with Crippen LogP contribution in [0.5, 0.6) is 0 Å². The van der Waals surface area contributed by atoms with Crippen molar-refractivity contribution in [3.63, 3.8) is 0 Å². The fourth-order valence-electron chi connectivity index (χ4n) is 3.39. The molecule has 6 heteroatoms. The van der Waals surface area contributed by atoms with Gasteiger partial charge in [0.2, 0.25) is 5.91 Å². The van der Waals surface area contributed by atoms with Gasteiger partial charge >= 0.3 is 0 Å². The maximum Gasteiger partial charge on any atom is 0.251 e. The smallest absolute Gasteiger partial charge is 0.251 e. The topological polar surface area (TPSA) is 78.1 Å². The Labute approximate surface area is 151 Å². The number of anilines is 1. The second-order valence-electron chi connectivity index (χ2n) is 6.47. The van der Waals surface area contributed by atoms with Crippen molar-refractivity contribution in [2.24, 2.45) is 0 Å². The third-order valence-corrected chi connectivity index (χ3v) is 4.70. The number of rotatable bonds is 4. The summed E-state index contributed by atoms with van der Waals surface area (Å²) >= 11 is 0. The largest absolute Gasteiger partial charge is 0.352 e. The van der Waals surface area contributed by atoms with Crippen molar-refractivity contribution in [3.05, 3.63) is 59.4 Å². The average molecular weight is 348 g/mol. The number of nitrogens with zero attached hydrogens (tertiary/aromatic N) is 2. The summed E-state index contributed by atoms with van der Waals surface area (Å²) in [6.07, 6.45) is 1.43. The molecular formula is C20H20N4O2. The molecule has 0 aliphatic carbocycles. The molecule has 0 saturated carbocycles. The Morgan fingerprint density at radius 2 is 2.08 bits per heavy atom. The summed E-state index contributed by atoms with van der Waals surface area (Å²) in [6, 6.07) is 13.4. The molecule has 132 valence electrons. The fourth-order valence-corrected chi connectivity index (χ4v) is 3.39. The molecule has 2 amide bonds. The molecule has 0 fully saturated rings. The van der Waals surface area contributed by atoms with Gasteiger partial charge in [0, 0.05) is 37.7 Å². The van der Waals surface area contributed by atoms with Crippen LogP contribution in [0.3, 0.4) is 0 Å². The standard InChI is InChI=1S/C20H20N4O2/c1-13(25)24-11-9-14-12-15(6-7-18(14)24)20(26)21-10-8-19-22-16-4-2-3-5-17(16)23-19/h2-7,12H,8-11H2,1H3,(H,21,26)(H,22,23). The highest BCUT2D eigenvalue weighted by Gasteiger charge is 2.23. The Balaban J connectivity index is 1.38. The van der Waals surface area contributed by atoms with Gasteiger partial charge in [-0.05, 0) is 42.3 Å². The lowest BCUT2D eigenvalue weighted by Crippen LogP contribution is -2.26. The molecule has 0 spiro atoms. The van der Waals surface area contributed by atoms with Gasteiger partial charge in [-0.25, -0.2) is 4.98 Å². The Hall–Kier alpha value is -3.15. The van der Waals surface area contributed by atoms with E-state index in [2.05, 4.69) is 15.3 Å². The number of H-pyrrole nitrogens is 1. The maximum absolute atomic E-state index is 12.4. The number of carbonyl (C=O) groups is 2. The summed E-state index contributed by atoms with van der Waals surface area (Å²) in [7, 11) is 0. The number of hydrogen-bond acceptors (Lipinski definition) is 3. The molecule has 2 aromatic carbocycles. The van der Waals surface area contributed by atoms with Crippen molar-refractivity contribution in [1.82, 2.24) is 15.3 Å². The van der Waals surface area contributed by atoms with E-state index in [1.807, 2.05) is 36.4 Å². The van der Waals surface area contributed by atoms with Crippen LogP contribution in [0, 0.1) is 0 Å². The quantitative estimate of drug-likeness (QED) is 0.760. The van der Waals surface area contributed by atoms with Crippen molar-refractivity contribution in [3.8, 4) is 0 Å². The number of aromatic amines is 1. The van der Waals surface area contributed by atoms with Gasteiger partial charge in [0.25, 0.3) is 5.91 Å². The molecule has 3 aromatic rings. The monoisotopic (exact) mass is 348 g/mol. The summed E-state index contributed by atoms with van der Waals surface area (Å²) in [6.45, 7) is 2.75. The number of carbonyl (C=O) groups excluding carboxylic acids is 2. The Morgan fingerprint density at radius 3 is 2.88 bits per heavy atom. The highest BCUT2D eigenvalue weighted by Crippen LogP contribution is 2.28. The van der Waals surface area contributed by atoms with Gasteiger partial charge < -0.3 is 15.2 Å². The number of nitrogens with one attached hydrogen (secondary N) is 2. The van der Waals surface area contributed by atoms with Crippen molar-refractivity contribution < 1.29 is 9.59 Å². The molecule has 0 radical (unpaired) electrons. The maximum atomic E-state index is 12.4. The number of fused-ring (bicyclic) bond motifs is 2. The Kier molecular flexibility index (Phi) is 4.16. The first-order valence-electron chi connectivity index (χ1n) is 8.74. The SMILES string of the molecule is CC(=O)N1CCc2cc(C(=O)NCCc3nc4ccccc4[nH]3)ccc21. The highest BCUT2D eigenvalue weighted by molar-refractivity contribution is 5.97. The van der Waals surface area contributed by atoms with E-state index in [0.29, 0.717) is 25.1 Å². The van der Waals surface area contributed by atoms with Crippen molar-refractivity contribution in [1.29, 1.82) is 0 Å². The van der Waals surface area contributed by atoms with Crippen LogP contribution in [-0.2, 0) is 17.6 Å². The Morgan fingerprint density at radius 1 is 1.23 bits per heavy atom. The van der Waals surface area contributed by atoms with Crippen LogP contribution >= 0.6 is 0 Å². The minimum absolute atomic E-state index is 0.0341. The first kappa shape index (κ1) is 16.3. The van der Waals surface area contributed by atoms with E-state index in [4.69, 9.17) is 0 Å². The molecule has 0 unspecified atom stereocenters. The number of para-hydroxylation sites is 2. The number of hydrogen-bond donors (Lipinski definition) is 2. The van der Waals surface area contributed by atoms with Crippen molar-refractivity contribution >= 4 is 28.5 Å².